The van der Waals surface area contributed by atoms with Crippen molar-refractivity contribution in [1.29, 1.82) is 0 Å². The molecule has 35 heavy (non-hydrogen) atoms. The highest BCUT2D eigenvalue weighted by atomic mass is 35.5. The zero-order chi connectivity index (χ0) is 25.5. The van der Waals surface area contributed by atoms with Gasteiger partial charge in [0.05, 0.1) is 22.4 Å². The maximum Gasteiger partial charge on any atom is 0.253 e. The number of anilines is 1. The summed E-state index contributed by atoms with van der Waals surface area (Å²) in [6.07, 6.45) is 0.650. The van der Waals surface area contributed by atoms with Crippen LogP contribution in [0.5, 0.6) is 0 Å². The molecule has 1 aromatic heterocycles. The minimum atomic E-state index is -0.390. The standard InChI is InChI=1S/C24H26Cl3N5O2S/c1-4-32-22(20(11-14(2)3)29-23(34)18-10-7-16(26)12-19(18)27)30-31-24(32)35-13-21(33)28-17-8-5-15(25)6-9-17/h5-10,12,14,20H,4,11,13H2,1-3H3,(H,28,33)(H,29,34)/t20-/m1/s1. The van der Waals surface area contributed by atoms with E-state index in [4.69, 9.17) is 34.8 Å². The van der Waals surface area contributed by atoms with Crippen molar-refractivity contribution in [3.63, 3.8) is 0 Å². The van der Waals surface area contributed by atoms with E-state index in [0.29, 0.717) is 45.2 Å². The summed E-state index contributed by atoms with van der Waals surface area (Å²) in [5, 5.41) is 16.5. The Morgan fingerprint density at radius 1 is 1.03 bits per heavy atom. The fourth-order valence-electron chi connectivity index (χ4n) is 3.43. The van der Waals surface area contributed by atoms with E-state index in [1.54, 1.807) is 36.4 Å². The van der Waals surface area contributed by atoms with Crippen molar-refractivity contribution in [3.05, 3.63) is 68.9 Å². The molecule has 0 fully saturated rings. The van der Waals surface area contributed by atoms with Gasteiger partial charge in [0, 0.05) is 22.3 Å². The van der Waals surface area contributed by atoms with Crippen LogP contribution < -0.4 is 10.6 Å². The lowest BCUT2D eigenvalue weighted by atomic mass is 10.0. The molecule has 0 aliphatic carbocycles. The summed E-state index contributed by atoms with van der Waals surface area (Å²) >= 11 is 19.4. The third-order valence-corrected chi connectivity index (χ3v) is 6.79. The van der Waals surface area contributed by atoms with Gasteiger partial charge in [0.15, 0.2) is 11.0 Å². The Morgan fingerprint density at radius 3 is 2.34 bits per heavy atom. The summed E-state index contributed by atoms with van der Waals surface area (Å²) in [5.41, 5.74) is 0.999. The lowest BCUT2D eigenvalue weighted by Gasteiger charge is -2.21. The molecular formula is C24H26Cl3N5O2S. The summed E-state index contributed by atoms with van der Waals surface area (Å²) in [4.78, 5) is 25.4. The Balaban J connectivity index is 1.74. The number of rotatable bonds is 10. The molecule has 0 saturated heterocycles. The van der Waals surface area contributed by atoms with Gasteiger partial charge in [-0.05, 0) is 61.7 Å². The molecule has 0 bridgehead atoms. The van der Waals surface area contributed by atoms with Crippen LogP contribution in [0.4, 0.5) is 5.69 Å². The van der Waals surface area contributed by atoms with Crippen molar-refractivity contribution in [3.8, 4) is 0 Å². The zero-order valence-corrected chi connectivity index (χ0v) is 22.6. The predicted molar refractivity (Wildman–Crippen MR) is 143 cm³/mol. The first-order valence-corrected chi connectivity index (χ1v) is 13.2. The normalized spacial score (nSPS) is 12.0. The Morgan fingerprint density at radius 2 is 1.71 bits per heavy atom. The molecule has 2 amide bonds. The average molecular weight is 555 g/mol. The van der Waals surface area contributed by atoms with Crippen molar-refractivity contribution >= 4 is 64.1 Å². The van der Waals surface area contributed by atoms with E-state index in [9.17, 15) is 9.59 Å². The van der Waals surface area contributed by atoms with Gasteiger partial charge >= 0.3 is 0 Å². The van der Waals surface area contributed by atoms with Gasteiger partial charge < -0.3 is 15.2 Å². The molecule has 11 heteroatoms. The topological polar surface area (TPSA) is 88.9 Å². The number of nitrogens with zero attached hydrogens (tertiary/aromatic N) is 3. The maximum atomic E-state index is 13.0. The van der Waals surface area contributed by atoms with Gasteiger partial charge in [-0.15, -0.1) is 10.2 Å². The average Bonchev–Trinajstić information content (AvgIpc) is 3.21. The van der Waals surface area contributed by atoms with Crippen molar-refractivity contribution in [2.75, 3.05) is 11.1 Å². The smallest absolute Gasteiger partial charge is 0.253 e. The number of aromatic nitrogens is 3. The quantitative estimate of drug-likeness (QED) is 0.279. The van der Waals surface area contributed by atoms with Crippen LogP contribution in [-0.2, 0) is 11.3 Å². The first-order valence-electron chi connectivity index (χ1n) is 11.0. The van der Waals surface area contributed by atoms with E-state index in [1.165, 1.54) is 17.8 Å². The molecule has 0 aliphatic heterocycles. The second kappa shape index (κ2) is 12.6. The second-order valence-corrected chi connectivity index (χ2v) is 10.4. The summed E-state index contributed by atoms with van der Waals surface area (Å²) < 4.78 is 1.91. The lowest BCUT2D eigenvalue weighted by Crippen LogP contribution is -2.31. The molecule has 2 aromatic carbocycles. The van der Waals surface area contributed by atoms with Crippen molar-refractivity contribution in [2.24, 2.45) is 5.92 Å². The number of carbonyl (C=O) groups is 2. The molecule has 2 N–H and O–H groups in total. The van der Waals surface area contributed by atoms with Crippen molar-refractivity contribution < 1.29 is 9.59 Å². The number of benzene rings is 2. The van der Waals surface area contributed by atoms with Crippen LogP contribution in [0.2, 0.25) is 15.1 Å². The van der Waals surface area contributed by atoms with Gasteiger partial charge in [-0.3, -0.25) is 9.59 Å². The molecule has 0 saturated carbocycles. The molecule has 3 rings (SSSR count). The first-order chi connectivity index (χ1) is 16.7. The number of hydrogen-bond acceptors (Lipinski definition) is 5. The van der Waals surface area contributed by atoms with Gasteiger partial charge in [-0.1, -0.05) is 60.4 Å². The highest BCUT2D eigenvalue weighted by Gasteiger charge is 2.25. The first kappa shape index (κ1) is 27.3. The van der Waals surface area contributed by atoms with Gasteiger partial charge in [-0.2, -0.15) is 0 Å². The molecular weight excluding hydrogens is 529 g/mol. The summed E-state index contributed by atoms with van der Waals surface area (Å²) in [5.74, 6) is 0.570. The fraction of sp³-hybridized carbons (Fsp3) is 0.333. The molecule has 3 aromatic rings. The van der Waals surface area contributed by atoms with Crippen molar-refractivity contribution in [1.82, 2.24) is 20.1 Å². The van der Waals surface area contributed by atoms with E-state index in [2.05, 4.69) is 34.7 Å². The van der Waals surface area contributed by atoms with Gasteiger partial charge in [0.1, 0.15) is 0 Å². The fourth-order valence-corrected chi connectivity index (χ4v) is 4.86. The zero-order valence-electron chi connectivity index (χ0n) is 19.5. The third-order valence-electron chi connectivity index (χ3n) is 5.02. The van der Waals surface area contributed by atoms with Crippen molar-refractivity contribution in [2.45, 2.75) is 44.9 Å². The largest absolute Gasteiger partial charge is 0.342 e. The Bertz CT molecular complexity index is 1180. The van der Waals surface area contributed by atoms with Crippen LogP contribution in [0.1, 0.15) is 49.4 Å². The molecule has 0 unspecified atom stereocenters. The monoisotopic (exact) mass is 553 g/mol. The van der Waals surface area contributed by atoms with Gasteiger partial charge in [0.2, 0.25) is 5.91 Å². The molecule has 1 atom stereocenters. The van der Waals surface area contributed by atoms with E-state index in [1.807, 2.05) is 11.5 Å². The summed E-state index contributed by atoms with van der Waals surface area (Å²) in [7, 11) is 0. The third kappa shape index (κ3) is 7.61. The van der Waals surface area contributed by atoms with Crippen LogP contribution in [0.25, 0.3) is 0 Å². The highest BCUT2D eigenvalue weighted by Crippen LogP contribution is 2.27. The second-order valence-electron chi connectivity index (χ2n) is 8.21. The van der Waals surface area contributed by atoms with Crippen LogP contribution in [0, 0.1) is 5.92 Å². The Hall–Kier alpha value is -2.26. The molecule has 0 aliphatic rings. The number of amides is 2. The predicted octanol–water partition coefficient (Wildman–Crippen LogP) is 6.51. The Labute approximate surface area is 223 Å². The van der Waals surface area contributed by atoms with E-state index < -0.39 is 0 Å². The van der Waals surface area contributed by atoms with Crippen LogP contribution in [0.3, 0.4) is 0 Å². The van der Waals surface area contributed by atoms with Crippen LogP contribution >= 0.6 is 46.6 Å². The van der Waals surface area contributed by atoms with E-state index >= 15 is 0 Å². The number of nitrogens with one attached hydrogen (secondary N) is 2. The lowest BCUT2D eigenvalue weighted by molar-refractivity contribution is -0.113. The maximum absolute atomic E-state index is 13.0. The SMILES string of the molecule is CCn1c(SCC(=O)Nc2ccc(Cl)cc2)nnc1[C@@H](CC(C)C)NC(=O)c1ccc(Cl)cc1Cl. The van der Waals surface area contributed by atoms with Crippen LogP contribution in [-0.4, -0.2) is 32.3 Å². The number of hydrogen-bond donors (Lipinski definition) is 2. The number of thioether (sulfide) groups is 1. The summed E-state index contributed by atoms with van der Waals surface area (Å²) in [6.45, 7) is 6.68. The molecule has 186 valence electrons. The van der Waals surface area contributed by atoms with E-state index in [0.717, 1.165) is 0 Å². The van der Waals surface area contributed by atoms with E-state index in [-0.39, 0.29) is 34.5 Å². The summed E-state index contributed by atoms with van der Waals surface area (Å²) in [6, 6.07) is 11.3. The minimum Gasteiger partial charge on any atom is -0.342 e. The number of halogens is 3. The highest BCUT2D eigenvalue weighted by molar-refractivity contribution is 7.99. The van der Waals surface area contributed by atoms with Gasteiger partial charge in [0.25, 0.3) is 5.91 Å². The minimum absolute atomic E-state index is 0.155. The molecule has 1 heterocycles. The molecule has 0 spiro atoms. The Kier molecular flexibility index (Phi) is 9.86. The molecule has 7 nitrogen and oxygen atoms in total. The number of carbonyl (C=O) groups excluding carboxylic acids is 2. The molecule has 0 radical (unpaired) electrons. The van der Waals surface area contributed by atoms with Crippen LogP contribution in [0.15, 0.2) is 47.6 Å². The van der Waals surface area contributed by atoms with Gasteiger partial charge in [-0.25, -0.2) is 0 Å².